The maximum atomic E-state index is 13.2. The van der Waals surface area contributed by atoms with Gasteiger partial charge in [0.1, 0.15) is 52.6 Å². The number of alkyl halides is 7. The van der Waals surface area contributed by atoms with Crippen molar-refractivity contribution < 1.29 is 40.2 Å². The van der Waals surface area contributed by atoms with E-state index < -0.39 is 59.1 Å². The average molecular weight is 935 g/mol. The molecule has 12 nitrogen and oxygen atoms in total. The zero-order valence-electron chi connectivity index (χ0n) is 37.1. The second-order valence-corrected chi connectivity index (χ2v) is 15.3. The fourth-order valence-electron chi connectivity index (χ4n) is 6.79. The van der Waals surface area contributed by atoms with Gasteiger partial charge < -0.3 is 40.9 Å². The summed E-state index contributed by atoms with van der Waals surface area (Å²) in [5.74, 6) is 2.28. The molecule has 0 radical (unpaired) electrons. The van der Waals surface area contributed by atoms with Gasteiger partial charge in [0.05, 0.1) is 31.1 Å². The number of nitrogens with one attached hydrogen (secondary N) is 6. The van der Waals surface area contributed by atoms with Crippen LogP contribution in [0.15, 0.2) is 107 Å². The molecule has 2 atom stereocenters. The molecule has 0 aliphatic rings. The number of hydrogen-bond acceptors (Lipinski definition) is 10. The Balaban J connectivity index is 0.000000251. The molecule has 19 heteroatoms. The van der Waals surface area contributed by atoms with E-state index in [4.69, 9.17) is 20.3 Å². The van der Waals surface area contributed by atoms with Crippen LogP contribution in [0.3, 0.4) is 0 Å². The van der Waals surface area contributed by atoms with Crippen molar-refractivity contribution in [2.45, 2.75) is 70.9 Å². The van der Waals surface area contributed by atoms with Gasteiger partial charge in [-0.2, -0.15) is 26.3 Å². The molecular weight excluding hydrogens is 886 g/mol. The highest BCUT2D eigenvalue weighted by Crippen LogP contribution is 2.32. The first-order chi connectivity index (χ1) is 31.7. The van der Waals surface area contributed by atoms with E-state index in [-0.39, 0.29) is 40.7 Å². The Morgan fingerprint density at radius 3 is 1.28 bits per heavy atom. The Labute approximate surface area is 381 Å². The largest absolute Gasteiger partial charge is 0.497 e. The summed E-state index contributed by atoms with van der Waals surface area (Å²) in [6.07, 6.45) is -7.19. The number of hydrogen-bond donors (Lipinski definition) is 6. The Kier molecular flexibility index (Phi) is 16.8. The lowest BCUT2D eigenvalue weighted by atomic mass is 10.0. The van der Waals surface area contributed by atoms with Crippen molar-refractivity contribution in [1.82, 2.24) is 19.9 Å². The molecule has 0 amide bonds. The van der Waals surface area contributed by atoms with Crippen molar-refractivity contribution in [3.8, 4) is 11.5 Å². The Morgan fingerprint density at radius 1 is 0.612 bits per heavy atom. The number of H-pyrrole nitrogens is 2. The molecule has 4 aromatic carbocycles. The molecule has 0 aliphatic carbocycles. The number of anilines is 2. The second-order valence-electron chi connectivity index (χ2n) is 15.3. The van der Waals surface area contributed by atoms with Gasteiger partial charge in [-0.25, -0.2) is 14.4 Å². The highest BCUT2D eigenvalue weighted by atomic mass is 19.4. The fraction of sp³-hybridized carbons (Fsp3) is 0.292. The van der Waals surface area contributed by atoms with Crippen LogP contribution in [0.2, 0.25) is 0 Å². The first-order valence-electron chi connectivity index (χ1n) is 20.9. The summed E-state index contributed by atoms with van der Waals surface area (Å²) in [7, 11) is 3.12. The van der Waals surface area contributed by atoms with E-state index in [1.165, 1.54) is 24.3 Å². The number of aromatic amines is 2. The first kappa shape index (κ1) is 50.7. The van der Waals surface area contributed by atoms with Crippen LogP contribution < -0.4 is 31.2 Å². The van der Waals surface area contributed by atoms with Crippen LogP contribution >= 0.6 is 0 Å². The molecule has 6 rings (SSSR count). The summed E-state index contributed by atoms with van der Waals surface area (Å²) in [5.41, 5.74) is -0.322. The van der Waals surface area contributed by atoms with Crippen molar-refractivity contribution >= 4 is 23.1 Å². The molecule has 0 spiro atoms. The smallest absolute Gasteiger partial charge is 0.416 e. The molecule has 6 N–H and O–H groups in total. The van der Waals surface area contributed by atoms with Crippen LogP contribution in [0.25, 0.3) is 0 Å². The van der Waals surface area contributed by atoms with Crippen LogP contribution in [0.1, 0.15) is 102 Å². The number of rotatable bonds is 17. The van der Waals surface area contributed by atoms with E-state index in [0.717, 1.165) is 35.4 Å². The molecule has 0 saturated heterocycles. The van der Waals surface area contributed by atoms with E-state index in [1.807, 2.05) is 31.2 Å². The van der Waals surface area contributed by atoms with Crippen LogP contribution in [-0.4, -0.2) is 52.3 Å². The zero-order valence-corrected chi connectivity index (χ0v) is 37.1. The zero-order chi connectivity index (χ0) is 49.1. The van der Waals surface area contributed by atoms with Gasteiger partial charge in [0.2, 0.25) is 0 Å². The SMILES string of the molecule is CCCC(=N)c1c(NC(C)c2ccc(C(F)(F)F)cc2)nc(Cc2ccc(OC)cc2)[nH]c1=O.COc1ccc(Cc2nc(NC(C)c3ccc(C(F)(F)F)cc3)c(C(=N)CF)c(=O)[nH]2)cc1. The number of halogens is 7. The van der Waals surface area contributed by atoms with Crippen LogP contribution in [0.4, 0.5) is 42.4 Å². The van der Waals surface area contributed by atoms with E-state index in [0.29, 0.717) is 47.7 Å². The molecule has 67 heavy (non-hydrogen) atoms. The number of ether oxygens (including phenoxy) is 2. The number of methoxy groups -OCH3 is 2. The van der Waals surface area contributed by atoms with Gasteiger partial charge >= 0.3 is 12.4 Å². The van der Waals surface area contributed by atoms with Crippen molar-refractivity contribution in [3.63, 3.8) is 0 Å². The highest BCUT2D eigenvalue weighted by Gasteiger charge is 2.31. The van der Waals surface area contributed by atoms with Crippen LogP contribution in [0.5, 0.6) is 11.5 Å². The summed E-state index contributed by atoms with van der Waals surface area (Å²) in [6, 6.07) is 22.8. The highest BCUT2D eigenvalue weighted by molar-refractivity contribution is 6.03. The Morgan fingerprint density at radius 2 is 0.970 bits per heavy atom. The van der Waals surface area contributed by atoms with Gasteiger partial charge in [-0.15, -0.1) is 0 Å². The monoisotopic (exact) mass is 934 g/mol. The number of benzene rings is 4. The molecule has 2 unspecified atom stereocenters. The normalized spacial score (nSPS) is 12.3. The van der Waals surface area contributed by atoms with E-state index >= 15 is 0 Å². The lowest BCUT2D eigenvalue weighted by Crippen LogP contribution is -2.26. The van der Waals surface area contributed by atoms with Crippen LogP contribution in [0, 0.1) is 10.8 Å². The Bertz CT molecular complexity index is 2740. The van der Waals surface area contributed by atoms with Crippen molar-refractivity contribution in [1.29, 1.82) is 10.8 Å². The van der Waals surface area contributed by atoms with Crippen molar-refractivity contribution in [2.75, 3.05) is 31.5 Å². The Hall–Kier alpha value is -7.31. The van der Waals surface area contributed by atoms with E-state index in [2.05, 4.69) is 30.6 Å². The fourth-order valence-corrected chi connectivity index (χ4v) is 6.79. The van der Waals surface area contributed by atoms with Crippen LogP contribution in [-0.2, 0) is 25.2 Å². The summed E-state index contributed by atoms with van der Waals surface area (Å²) in [4.78, 5) is 39.9. The topological polar surface area (TPSA) is 182 Å². The van der Waals surface area contributed by atoms with Gasteiger partial charge in [0.15, 0.2) is 0 Å². The molecule has 0 aliphatic heterocycles. The van der Waals surface area contributed by atoms with Crippen molar-refractivity contribution in [2.24, 2.45) is 0 Å². The molecule has 0 saturated carbocycles. The molecule has 2 heterocycles. The first-order valence-corrected chi connectivity index (χ1v) is 20.9. The van der Waals surface area contributed by atoms with Gasteiger partial charge in [0, 0.05) is 30.6 Å². The second kappa shape index (κ2) is 22.3. The summed E-state index contributed by atoms with van der Waals surface area (Å²) < 4.78 is 101. The maximum absolute atomic E-state index is 13.2. The summed E-state index contributed by atoms with van der Waals surface area (Å²) in [5, 5.41) is 22.3. The minimum atomic E-state index is -4.46. The molecule has 0 bridgehead atoms. The maximum Gasteiger partial charge on any atom is 0.416 e. The average Bonchev–Trinajstić information content (AvgIpc) is 3.29. The molecule has 354 valence electrons. The third kappa shape index (κ3) is 13.6. The minimum absolute atomic E-state index is 0.0164. The predicted octanol–water partition coefficient (Wildman–Crippen LogP) is 10.6. The van der Waals surface area contributed by atoms with Crippen molar-refractivity contribution in [3.05, 3.63) is 174 Å². The minimum Gasteiger partial charge on any atom is -0.497 e. The third-order valence-electron chi connectivity index (χ3n) is 10.4. The van der Waals surface area contributed by atoms with Gasteiger partial charge in [0.25, 0.3) is 11.1 Å². The number of nitrogens with zero attached hydrogens (tertiary/aromatic N) is 2. The van der Waals surface area contributed by atoms with Gasteiger partial charge in [-0.3, -0.25) is 9.59 Å². The lowest BCUT2D eigenvalue weighted by Gasteiger charge is -2.19. The summed E-state index contributed by atoms with van der Waals surface area (Å²) in [6.45, 7) is 4.16. The standard InChI is InChI=1S/C25H27F3N4O2.C23H22F4N4O2/c1-4-5-20(29)22-23(30-15(2)17-8-10-18(11-9-17)25(26,27)28)31-21(32-24(22)33)14-16-6-12-19(34-3)13-7-16;1-13(15-5-7-16(8-6-15)23(25,26)27)29-21-20(18(28)12-24)22(32)31-19(30-21)11-14-3-9-17(33-2)10-4-14/h6-13,15,29H,4-5,14H2,1-3H3,(H2,30,31,32,33);3-10,13,28H,11-12H2,1-2H3,(H2,29,30,31,32). The van der Waals surface area contributed by atoms with E-state index in [9.17, 15) is 40.3 Å². The molecule has 0 fully saturated rings. The third-order valence-corrected chi connectivity index (χ3v) is 10.4. The van der Waals surface area contributed by atoms with Gasteiger partial charge in [-0.1, -0.05) is 61.9 Å². The van der Waals surface area contributed by atoms with E-state index in [1.54, 1.807) is 52.3 Å². The number of aromatic nitrogens is 4. The van der Waals surface area contributed by atoms with Gasteiger partial charge in [-0.05, 0) is 91.1 Å². The lowest BCUT2D eigenvalue weighted by molar-refractivity contribution is -0.138. The molecule has 6 aromatic rings. The quantitative estimate of drug-likeness (QED) is 0.0386. The summed E-state index contributed by atoms with van der Waals surface area (Å²) >= 11 is 0. The molecular formula is C48H49F7N8O4. The predicted molar refractivity (Wildman–Crippen MR) is 243 cm³/mol. The molecule has 2 aromatic heterocycles.